The average molecular weight is 551 g/mol. The second kappa shape index (κ2) is 10.7. The number of rotatable bonds is 8. The molecule has 2 atom stereocenters. The van der Waals surface area contributed by atoms with Crippen molar-refractivity contribution in [3.8, 4) is 0 Å². The highest BCUT2D eigenvalue weighted by Crippen LogP contribution is 2.45. The van der Waals surface area contributed by atoms with Crippen LogP contribution in [0.15, 0.2) is 30.6 Å². The van der Waals surface area contributed by atoms with Gasteiger partial charge in [0.2, 0.25) is 0 Å². The van der Waals surface area contributed by atoms with Crippen LogP contribution in [0.4, 0.5) is 4.39 Å². The van der Waals surface area contributed by atoms with Crippen LogP contribution in [0.1, 0.15) is 74.9 Å². The van der Waals surface area contributed by atoms with Crippen LogP contribution in [0.5, 0.6) is 0 Å². The van der Waals surface area contributed by atoms with Crippen molar-refractivity contribution in [2.75, 3.05) is 7.11 Å². The van der Waals surface area contributed by atoms with Gasteiger partial charge in [0, 0.05) is 30.8 Å². The van der Waals surface area contributed by atoms with E-state index in [1.807, 2.05) is 6.92 Å². The first-order chi connectivity index (χ1) is 19.0. The Morgan fingerprint density at radius 3 is 2.67 bits per heavy atom. The van der Waals surface area contributed by atoms with Crippen LogP contribution in [0.25, 0.3) is 5.78 Å². The molecule has 1 saturated carbocycles. The van der Waals surface area contributed by atoms with Crippen LogP contribution >= 0.6 is 0 Å². The van der Waals surface area contributed by atoms with Crippen LogP contribution < -0.4 is 0 Å². The SMILES string of the molecule is COC(=O)C(C)(C)c1ccc(CCC2(C3CCCC3)CC(=O)C(Cc3nc4ncc(C)cn4n3)C(=O)O2)cc1F. The number of methoxy groups -OCH3 is 1. The monoisotopic (exact) mass is 550 g/mol. The fraction of sp³-hybridized carbons (Fsp3) is 0.533. The van der Waals surface area contributed by atoms with E-state index in [1.54, 1.807) is 42.9 Å². The number of ketones is 1. The van der Waals surface area contributed by atoms with Gasteiger partial charge in [0.1, 0.15) is 17.3 Å². The zero-order valence-corrected chi connectivity index (χ0v) is 23.4. The first-order valence-corrected chi connectivity index (χ1v) is 13.8. The molecule has 0 amide bonds. The van der Waals surface area contributed by atoms with Gasteiger partial charge in [-0.25, -0.2) is 13.9 Å². The second-order valence-corrected chi connectivity index (χ2v) is 11.7. The minimum Gasteiger partial charge on any atom is -0.468 e. The Kier molecular flexibility index (Phi) is 7.46. The maximum atomic E-state index is 15.1. The zero-order chi connectivity index (χ0) is 28.7. The number of aromatic nitrogens is 4. The Labute approximate surface area is 232 Å². The summed E-state index contributed by atoms with van der Waals surface area (Å²) in [6, 6.07) is 4.81. The average Bonchev–Trinajstić information content (AvgIpc) is 3.59. The molecule has 2 aromatic heterocycles. The van der Waals surface area contributed by atoms with Crippen molar-refractivity contribution < 1.29 is 28.2 Å². The number of carbonyl (C=O) groups excluding carboxylic acids is 3. The van der Waals surface area contributed by atoms with Crippen molar-refractivity contribution in [1.82, 2.24) is 19.6 Å². The molecule has 1 saturated heterocycles. The fourth-order valence-electron chi connectivity index (χ4n) is 6.21. The molecule has 0 spiro atoms. The highest BCUT2D eigenvalue weighted by atomic mass is 19.1. The molecule has 5 rings (SSSR count). The molecule has 2 unspecified atom stereocenters. The predicted molar refractivity (Wildman–Crippen MR) is 143 cm³/mol. The lowest BCUT2D eigenvalue weighted by molar-refractivity contribution is -0.185. The van der Waals surface area contributed by atoms with Gasteiger partial charge in [0.25, 0.3) is 5.78 Å². The van der Waals surface area contributed by atoms with Crippen molar-refractivity contribution in [3.63, 3.8) is 0 Å². The van der Waals surface area contributed by atoms with Crippen LogP contribution in [0, 0.1) is 24.6 Å². The molecule has 40 heavy (non-hydrogen) atoms. The smallest absolute Gasteiger partial charge is 0.317 e. The molecule has 1 aliphatic heterocycles. The summed E-state index contributed by atoms with van der Waals surface area (Å²) in [4.78, 5) is 47.6. The van der Waals surface area contributed by atoms with Crippen LogP contribution in [-0.2, 0) is 42.1 Å². The molecule has 0 N–H and O–H groups in total. The fourth-order valence-corrected chi connectivity index (χ4v) is 6.21. The summed E-state index contributed by atoms with van der Waals surface area (Å²) in [6.07, 6.45) is 8.29. The Bertz CT molecular complexity index is 1440. The van der Waals surface area contributed by atoms with Gasteiger partial charge in [-0.15, -0.1) is 5.10 Å². The molecule has 2 fully saturated rings. The summed E-state index contributed by atoms with van der Waals surface area (Å²) in [6.45, 7) is 5.13. The molecule has 10 heteroatoms. The standard InChI is InChI=1S/C30H35FN4O5/c1-18-16-32-28-33-25(34-35(28)17-18)14-21-24(36)15-30(40-26(21)37,20-7-5-6-8-20)12-11-19-9-10-22(23(31)13-19)29(2,3)27(38)39-4/h9-10,13,16-17,20-21H,5-8,11-12,14-15H2,1-4H3. The number of fused-ring (bicyclic) bond motifs is 1. The highest BCUT2D eigenvalue weighted by Gasteiger charge is 2.51. The second-order valence-electron chi connectivity index (χ2n) is 11.7. The number of hydrogen-bond donors (Lipinski definition) is 0. The Morgan fingerprint density at radius 2 is 2.00 bits per heavy atom. The summed E-state index contributed by atoms with van der Waals surface area (Å²) in [7, 11) is 1.28. The quantitative estimate of drug-likeness (QED) is 0.302. The van der Waals surface area contributed by atoms with E-state index in [0.29, 0.717) is 30.0 Å². The lowest BCUT2D eigenvalue weighted by Crippen LogP contribution is -2.52. The number of nitrogens with zero attached hydrogens (tertiary/aromatic N) is 4. The number of aryl methyl sites for hydroxylation is 2. The van der Waals surface area contributed by atoms with Gasteiger partial charge in [-0.3, -0.25) is 14.4 Å². The van der Waals surface area contributed by atoms with Crippen molar-refractivity contribution in [2.24, 2.45) is 11.8 Å². The lowest BCUT2D eigenvalue weighted by Gasteiger charge is -2.43. The number of carbonyl (C=O) groups is 3. The molecule has 2 aliphatic rings. The van der Waals surface area contributed by atoms with Crippen LogP contribution in [0.3, 0.4) is 0 Å². The third-order valence-electron chi connectivity index (χ3n) is 8.54. The molecule has 3 aromatic rings. The van der Waals surface area contributed by atoms with E-state index in [-0.39, 0.29) is 30.1 Å². The van der Waals surface area contributed by atoms with Gasteiger partial charge >= 0.3 is 11.9 Å². The zero-order valence-electron chi connectivity index (χ0n) is 23.4. The van der Waals surface area contributed by atoms with Crippen molar-refractivity contribution in [2.45, 2.75) is 83.2 Å². The molecule has 3 heterocycles. The van der Waals surface area contributed by atoms with Crippen molar-refractivity contribution in [3.05, 3.63) is 58.9 Å². The lowest BCUT2D eigenvalue weighted by atomic mass is 9.73. The van der Waals surface area contributed by atoms with E-state index >= 15 is 4.39 Å². The van der Waals surface area contributed by atoms with Gasteiger partial charge in [-0.1, -0.05) is 25.0 Å². The summed E-state index contributed by atoms with van der Waals surface area (Å²) in [5.41, 5.74) is -0.177. The topological polar surface area (TPSA) is 113 Å². The third kappa shape index (κ3) is 5.23. The Morgan fingerprint density at radius 1 is 1.25 bits per heavy atom. The molecule has 9 nitrogen and oxygen atoms in total. The van der Waals surface area contributed by atoms with Gasteiger partial charge < -0.3 is 9.47 Å². The summed E-state index contributed by atoms with van der Waals surface area (Å²) < 4.78 is 27.7. The molecule has 0 bridgehead atoms. The Balaban J connectivity index is 1.33. The van der Waals surface area contributed by atoms with E-state index in [2.05, 4.69) is 15.1 Å². The number of halogens is 1. The van der Waals surface area contributed by atoms with E-state index < -0.39 is 34.7 Å². The maximum absolute atomic E-state index is 15.1. The molecular formula is C30H35FN4O5. The number of Topliss-reactive ketones (excluding diaryl/α,β-unsaturated/α-hetero) is 1. The van der Waals surface area contributed by atoms with Crippen LogP contribution in [-0.4, -0.2) is 50.0 Å². The summed E-state index contributed by atoms with van der Waals surface area (Å²) in [5, 5.41) is 4.39. The van der Waals surface area contributed by atoms with Crippen LogP contribution in [0.2, 0.25) is 0 Å². The molecule has 0 radical (unpaired) electrons. The summed E-state index contributed by atoms with van der Waals surface area (Å²) in [5.74, 6) is -1.86. The molecular weight excluding hydrogens is 515 g/mol. The maximum Gasteiger partial charge on any atom is 0.317 e. The molecule has 212 valence electrons. The number of esters is 2. The van der Waals surface area contributed by atoms with E-state index in [4.69, 9.17) is 9.47 Å². The Hall–Kier alpha value is -3.69. The van der Waals surface area contributed by atoms with Gasteiger partial charge in [0.05, 0.1) is 12.5 Å². The minimum absolute atomic E-state index is 0.0590. The molecule has 1 aromatic carbocycles. The largest absolute Gasteiger partial charge is 0.468 e. The number of ether oxygens (including phenoxy) is 2. The van der Waals surface area contributed by atoms with Gasteiger partial charge in [-0.2, -0.15) is 4.98 Å². The summed E-state index contributed by atoms with van der Waals surface area (Å²) >= 11 is 0. The van der Waals surface area contributed by atoms with E-state index in [1.165, 1.54) is 13.2 Å². The van der Waals surface area contributed by atoms with E-state index in [0.717, 1.165) is 31.2 Å². The first kappa shape index (κ1) is 27.9. The molecule has 1 aliphatic carbocycles. The number of hydrogen-bond acceptors (Lipinski definition) is 8. The van der Waals surface area contributed by atoms with Crippen molar-refractivity contribution >= 4 is 23.5 Å². The first-order valence-electron chi connectivity index (χ1n) is 13.8. The predicted octanol–water partition coefficient (Wildman–Crippen LogP) is 4.26. The number of benzene rings is 1. The van der Waals surface area contributed by atoms with Gasteiger partial charge in [0.15, 0.2) is 11.6 Å². The minimum atomic E-state index is -1.13. The van der Waals surface area contributed by atoms with Gasteiger partial charge in [-0.05, 0) is 69.6 Å². The normalized spacial score (nSPS) is 22.1. The van der Waals surface area contributed by atoms with E-state index in [9.17, 15) is 14.4 Å². The third-order valence-corrected chi connectivity index (χ3v) is 8.54. The van der Waals surface area contributed by atoms with Crippen molar-refractivity contribution in [1.29, 1.82) is 0 Å². The highest BCUT2D eigenvalue weighted by molar-refractivity contribution is 6.01. The number of cyclic esters (lactones) is 1.